The van der Waals surface area contributed by atoms with E-state index in [1.54, 1.807) is 12.1 Å². The Labute approximate surface area is 118 Å². The molecule has 0 fully saturated rings. The zero-order valence-electron chi connectivity index (χ0n) is 10.1. The van der Waals surface area contributed by atoms with Crippen molar-refractivity contribution in [2.24, 2.45) is 11.5 Å². The van der Waals surface area contributed by atoms with E-state index in [-0.39, 0.29) is 11.5 Å². The molecular weight excluding hydrogens is 282 g/mol. The summed E-state index contributed by atoms with van der Waals surface area (Å²) in [6.07, 6.45) is 2.81. The molecule has 0 bridgehead atoms. The van der Waals surface area contributed by atoms with Gasteiger partial charge < -0.3 is 16.8 Å². The van der Waals surface area contributed by atoms with E-state index < -0.39 is 11.9 Å². The summed E-state index contributed by atoms with van der Waals surface area (Å²) in [6.45, 7) is 0. The van der Waals surface area contributed by atoms with E-state index in [1.165, 1.54) is 17.1 Å². The van der Waals surface area contributed by atoms with Crippen molar-refractivity contribution in [3.05, 3.63) is 40.7 Å². The van der Waals surface area contributed by atoms with Gasteiger partial charge in [-0.3, -0.25) is 9.59 Å². The molecule has 1 aromatic carbocycles. The Morgan fingerprint density at radius 3 is 2.85 bits per heavy atom. The third-order valence-electron chi connectivity index (χ3n) is 3.11. The molecule has 5 N–H and O–H groups in total. The minimum atomic E-state index is -0.727. The first-order valence-corrected chi connectivity index (χ1v) is 6.10. The maximum Gasteiger partial charge on any atom is 0.251 e. The monoisotopic (exact) mass is 291 g/mol. The number of halogens is 1. The number of nitrogens with one attached hydrogen (secondary N) is 1. The van der Waals surface area contributed by atoms with Gasteiger partial charge >= 0.3 is 0 Å². The van der Waals surface area contributed by atoms with E-state index in [0.29, 0.717) is 22.0 Å². The number of primary amides is 1. The number of anilines is 1. The molecule has 2 amide bonds. The Kier molecular flexibility index (Phi) is 2.73. The molecule has 0 radical (unpaired) electrons. The predicted molar refractivity (Wildman–Crippen MR) is 72.7 cm³/mol. The Morgan fingerprint density at radius 1 is 1.45 bits per heavy atom. The number of nitrogens with two attached hydrogens (primary N) is 2. The van der Waals surface area contributed by atoms with Gasteiger partial charge in [-0.1, -0.05) is 11.6 Å². The molecule has 2 aromatic rings. The number of hydrogen-bond acceptors (Lipinski definition) is 4. The average molecular weight is 292 g/mol. The van der Waals surface area contributed by atoms with Crippen LogP contribution >= 0.6 is 11.6 Å². The van der Waals surface area contributed by atoms with Crippen LogP contribution in [0, 0.1) is 0 Å². The quantitative estimate of drug-likeness (QED) is 0.750. The maximum atomic E-state index is 11.5. The molecule has 0 spiro atoms. The van der Waals surface area contributed by atoms with E-state index in [9.17, 15) is 9.59 Å². The minimum absolute atomic E-state index is 0.266. The number of fused-ring (bicyclic) bond motifs is 1. The van der Waals surface area contributed by atoms with Crippen LogP contribution in [0.4, 0.5) is 5.69 Å². The van der Waals surface area contributed by atoms with Crippen LogP contribution in [-0.2, 0) is 4.79 Å². The highest BCUT2D eigenvalue weighted by Gasteiger charge is 2.28. The van der Waals surface area contributed by atoms with Crippen LogP contribution in [0.15, 0.2) is 24.5 Å². The second kappa shape index (κ2) is 4.32. The second-order valence-electron chi connectivity index (χ2n) is 4.40. The van der Waals surface area contributed by atoms with Gasteiger partial charge in [0.15, 0.2) is 0 Å². The van der Waals surface area contributed by atoms with Crippen LogP contribution < -0.4 is 16.8 Å². The van der Waals surface area contributed by atoms with Crippen molar-refractivity contribution in [2.75, 3.05) is 5.32 Å². The molecule has 1 unspecified atom stereocenters. The van der Waals surface area contributed by atoms with Gasteiger partial charge in [0.25, 0.3) is 5.91 Å². The molecule has 1 atom stereocenters. The van der Waals surface area contributed by atoms with Crippen LogP contribution in [0.1, 0.15) is 22.0 Å². The normalized spacial score (nSPS) is 16.9. The Bertz CT molecular complexity index is 739. The zero-order chi connectivity index (χ0) is 14.4. The number of rotatable bonds is 2. The summed E-state index contributed by atoms with van der Waals surface area (Å²) >= 11 is 6.17. The van der Waals surface area contributed by atoms with Gasteiger partial charge in [-0.2, -0.15) is 5.10 Å². The molecule has 102 valence electrons. The van der Waals surface area contributed by atoms with Crippen molar-refractivity contribution >= 4 is 29.1 Å². The molecule has 0 saturated heterocycles. The molecule has 1 aliphatic heterocycles. The van der Waals surface area contributed by atoms with E-state index in [4.69, 9.17) is 23.1 Å². The van der Waals surface area contributed by atoms with Gasteiger partial charge in [-0.25, -0.2) is 4.68 Å². The highest BCUT2D eigenvalue weighted by Crippen LogP contribution is 2.35. The lowest BCUT2D eigenvalue weighted by Crippen LogP contribution is -2.19. The van der Waals surface area contributed by atoms with Crippen molar-refractivity contribution in [2.45, 2.75) is 6.04 Å². The molecule has 8 heteroatoms. The number of nitrogens with zero attached hydrogens (tertiary/aromatic N) is 2. The molecule has 1 aromatic heterocycles. The van der Waals surface area contributed by atoms with Crippen molar-refractivity contribution in [3.63, 3.8) is 0 Å². The number of carbonyl (C=O) groups is 2. The summed E-state index contributed by atoms with van der Waals surface area (Å²) in [4.78, 5) is 22.6. The maximum absolute atomic E-state index is 11.5. The number of hydrogen-bond donors (Lipinski definition) is 3. The smallest absolute Gasteiger partial charge is 0.251 e. The number of aromatic nitrogens is 2. The van der Waals surface area contributed by atoms with Gasteiger partial charge in [0, 0.05) is 17.4 Å². The summed E-state index contributed by atoms with van der Waals surface area (Å²) in [5, 5.41) is 7.05. The second-order valence-corrected chi connectivity index (χ2v) is 4.80. The van der Waals surface area contributed by atoms with Gasteiger partial charge in [0.1, 0.15) is 6.04 Å². The van der Waals surface area contributed by atoms with Gasteiger partial charge in [0.05, 0.1) is 22.5 Å². The van der Waals surface area contributed by atoms with Crippen LogP contribution in [0.25, 0.3) is 5.69 Å². The Balaban J connectivity index is 2.09. The van der Waals surface area contributed by atoms with Crippen LogP contribution in [0.2, 0.25) is 5.02 Å². The van der Waals surface area contributed by atoms with E-state index in [2.05, 4.69) is 10.4 Å². The molecule has 3 rings (SSSR count). The van der Waals surface area contributed by atoms with Crippen molar-refractivity contribution in [1.29, 1.82) is 0 Å². The number of carbonyl (C=O) groups excluding carboxylic acids is 2. The SMILES string of the molecule is NC(=O)c1cnn(-c2cc3c(cc2Cl)C(N)C(=O)N3)c1. The number of benzene rings is 1. The summed E-state index contributed by atoms with van der Waals surface area (Å²) < 4.78 is 1.42. The molecule has 0 saturated carbocycles. The molecule has 7 nitrogen and oxygen atoms in total. The minimum Gasteiger partial charge on any atom is -0.366 e. The molecule has 20 heavy (non-hydrogen) atoms. The van der Waals surface area contributed by atoms with Crippen molar-refractivity contribution < 1.29 is 9.59 Å². The summed E-state index contributed by atoms with van der Waals surface area (Å²) in [5.74, 6) is -0.865. The lowest BCUT2D eigenvalue weighted by molar-refractivity contribution is -0.116. The van der Waals surface area contributed by atoms with E-state index in [0.717, 1.165) is 0 Å². The molecule has 1 aliphatic rings. The first kappa shape index (κ1) is 12.6. The molecule has 2 heterocycles. The first-order valence-electron chi connectivity index (χ1n) is 5.72. The number of amides is 2. The standard InChI is InChI=1S/C12H10ClN5O2/c13-7-1-6-8(17-12(20)10(6)14)2-9(7)18-4-5(3-16-18)11(15)19/h1-4,10H,14H2,(H2,15,19)(H,17,20). The summed E-state index contributed by atoms with van der Waals surface area (Å²) in [5.41, 5.74) is 12.9. The fourth-order valence-corrected chi connectivity index (χ4v) is 2.31. The zero-order valence-corrected chi connectivity index (χ0v) is 10.9. The topological polar surface area (TPSA) is 116 Å². The lowest BCUT2D eigenvalue weighted by Gasteiger charge is -2.08. The summed E-state index contributed by atoms with van der Waals surface area (Å²) in [6, 6.07) is 2.54. The van der Waals surface area contributed by atoms with Gasteiger partial charge in [0.2, 0.25) is 5.91 Å². The lowest BCUT2D eigenvalue weighted by atomic mass is 10.1. The Hall–Kier alpha value is -2.38. The molecular formula is C12H10ClN5O2. The highest BCUT2D eigenvalue weighted by atomic mass is 35.5. The van der Waals surface area contributed by atoms with Crippen LogP contribution in [0.3, 0.4) is 0 Å². The van der Waals surface area contributed by atoms with Crippen LogP contribution in [-0.4, -0.2) is 21.6 Å². The fourth-order valence-electron chi connectivity index (χ4n) is 2.05. The third kappa shape index (κ3) is 1.84. The highest BCUT2D eigenvalue weighted by molar-refractivity contribution is 6.32. The largest absolute Gasteiger partial charge is 0.366 e. The van der Waals surface area contributed by atoms with Gasteiger partial charge in [-0.15, -0.1) is 0 Å². The van der Waals surface area contributed by atoms with Crippen molar-refractivity contribution in [1.82, 2.24) is 9.78 Å². The van der Waals surface area contributed by atoms with E-state index in [1.807, 2.05) is 0 Å². The fraction of sp³-hybridized carbons (Fsp3) is 0.0833. The molecule has 0 aliphatic carbocycles. The third-order valence-corrected chi connectivity index (χ3v) is 3.41. The van der Waals surface area contributed by atoms with Crippen LogP contribution in [0.5, 0.6) is 0 Å². The van der Waals surface area contributed by atoms with E-state index >= 15 is 0 Å². The Morgan fingerprint density at radius 2 is 2.20 bits per heavy atom. The predicted octanol–water partition coefficient (Wildman–Crippen LogP) is 0.577. The van der Waals surface area contributed by atoms with Gasteiger partial charge in [-0.05, 0) is 12.1 Å². The average Bonchev–Trinajstić information content (AvgIpc) is 2.97. The first-order chi connectivity index (χ1) is 9.47. The summed E-state index contributed by atoms with van der Waals surface area (Å²) in [7, 11) is 0. The van der Waals surface area contributed by atoms with Crippen molar-refractivity contribution in [3.8, 4) is 5.69 Å².